The molecule has 6 heteroatoms. The first-order valence-corrected chi connectivity index (χ1v) is 6.59. The van der Waals surface area contributed by atoms with Crippen molar-refractivity contribution in [3.05, 3.63) is 30.1 Å². The molecule has 1 atom stereocenters. The number of ether oxygens (including phenoxy) is 1. The van der Waals surface area contributed by atoms with Gasteiger partial charge in [0.05, 0.1) is 6.42 Å². The number of carbonyl (C=O) groups excluding carboxylic acids is 3. The molecule has 2 heterocycles. The lowest BCUT2D eigenvalue weighted by Gasteiger charge is -2.08. The first-order chi connectivity index (χ1) is 9.66. The molecule has 1 saturated heterocycles. The van der Waals surface area contributed by atoms with Gasteiger partial charge in [0.25, 0.3) is 0 Å². The number of nitrogens with zero attached hydrogens (tertiary/aromatic N) is 1. The van der Waals surface area contributed by atoms with Gasteiger partial charge in [0.1, 0.15) is 11.7 Å². The van der Waals surface area contributed by atoms with Gasteiger partial charge in [0, 0.05) is 12.6 Å². The van der Waals surface area contributed by atoms with Gasteiger partial charge in [-0.15, -0.1) is 0 Å². The topological polar surface area (TPSA) is 85.4 Å². The number of hydrogen-bond donors (Lipinski definition) is 1. The number of Topliss-reactive ketones (excluding diaryl/α,β-unsaturated/α-hetero) is 1. The number of rotatable bonds is 5. The fraction of sp³-hybridized carbons (Fsp3) is 0.429. The molecule has 1 N–H and O–H groups in total. The molecule has 2 rings (SSSR count). The van der Waals surface area contributed by atoms with Crippen molar-refractivity contribution >= 4 is 17.7 Å². The van der Waals surface area contributed by atoms with E-state index in [0.717, 1.165) is 13.0 Å². The van der Waals surface area contributed by atoms with Crippen molar-refractivity contribution < 1.29 is 19.1 Å². The van der Waals surface area contributed by atoms with Gasteiger partial charge >= 0.3 is 11.9 Å². The van der Waals surface area contributed by atoms with E-state index in [-0.39, 0.29) is 18.6 Å². The van der Waals surface area contributed by atoms with E-state index in [0.29, 0.717) is 12.1 Å². The molecule has 0 aliphatic carbocycles. The van der Waals surface area contributed by atoms with Crippen LogP contribution in [0.1, 0.15) is 36.2 Å². The molecule has 0 unspecified atom stereocenters. The van der Waals surface area contributed by atoms with Crippen molar-refractivity contribution in [2.45, 2.75) is 31.7 Å². The molecule has 1 aromatic heterocycles. The van der Waals surface area contributed by atoms with E-state index in [1.165, 1.54) is 6.20 Å². The predicted octanol–water partition coefficient (Wildman–Crippen LogP) is 0.866. The number of nitrogens with one attached hydrogen (secondary N) is 1. The summed E-state index contributed by atoms with van der Waals surface area (Å²) in [6.07, 6.45) is 2.96. The van der Waals surface area contributed by atoms with E-state index < -0.39 is 18.0 Å². The van der Waals surface area contributed by atoms with Crippen LogP contribution in [0.2, 0.25) is 0 Å². The molecule has 0 saturated carbocycles. The molecule has 0 aromatic carbocycles. The van der Waals surface area contributed by atoms with Crippen molar-refractivity contribution in [3.63, 3.8) is 0 Å². The van der Waals surface area contributed by atoms with E-state index in [2.05, 4.69) is 10.3 Å². The number of carbonyl (C=O) groups is 3. The Labute approximate surface area is 116 Å². The standard InChI is InChI=1S/C14H16N2O4/c17-12(10-4-1-2-8-15-10)6-7-13(18)20-14(19)11-5-3-9-16-11/h1-2,4,8,11,16H,3,5-7,9H2/t11-/m0/s1. The minimum absolute atomic E-state index is 0.0127. The molecule has 0 bridgehead atoms. The Kier molecular flexibility index (Phi) is 4.95. The summed E-state index contributed by atoms with van der Waals surface area (Å²) >= 11 is 0. The first-order valence-electron chi connectivity index (χ1n) is 6.59. The van der Waals surface area contributed by atoms with Gasteiger partial charge in [0.15, 0.2) is 5.78 Å². The molecular formula is C14H16N2O4. The molecule has 6 nitrogen and oxygen atoms in total. The molecule has 1 fully saturated rings. The van der Waals surface area contributed by atoms with Crippen molar-refractivity contribution in [2.75, 3.05) is 6.54 Å². The zero-order valence-electron chi connectivity index (χ0n) is 11.0. The smallest absolute Gasteiger partial charge is 0.330 e. The summed E-state index contributed by atoms with van der Waals surface area (Å²) in [5.74, 6) is -1.47. The van der Waals surface area contributed by atoms with Crippen LogP contribution >= 0.6 is 0 Å². The molecule has 106 valence electrons. The van der Waals surface area contributed by atoms with Crippen LogP contribution in [0.15, 0.2) is 24.4 Å². The zero-order chi connectivity index (χ0) is 14.4. The van der Waals surface area contributed by atoms with E-state index in [9.17, 15) is 14.4 Å². The molecule has 0 spiro atoms. The number of pyridine rings is 1. The maximum atomic E-state index is 11.7. The number of aromatic nitrogens is 1. The normalized spacial score (nSPS) is 17.7. The van der Waals surface area contributed by atoms with E-state index in [4.69, 9.17) is 4.74 Å². The SMILES string of the molecule is O=C(CCC(=O)c1ccccn1)OC(=O)[C@@H]1CCCN1. The van der Waals surface area contributed by atoms with Crippen LogP contribution in [-0.2, 0) is 14.3 Å². The van der Waals surface area contributed by atoms with E-state index in [1.54, 1.807) is 18.2 Å². The van der Waals surface area contributed by atoms with Crippen LogP contribution in [0, 0.1) is 0 Å². The Morgan fingerprint density at radius 3 is 2.80 bits per heavy atom. The number of hydrogen-bond acceptors (Lipinski definition) is 6. The summed E-state index contributed by atoms with van der Waals surface area (Å²) < 4.78 is 4.71. The molecule has 1 aliphatic heterocycles. The third-order valence-electron chi connectivity index (χ3n) is 3.07. The monoisotopic (exact) mass is 276 g/mol. The molecular weight excluding hydrogens is 260 g/mol. The van der Waals surface area contributed by atoms with Gasteiger partial charge in [0.2, 0.25) is 0 Å². The largest absolute Gasteiger partial charge is 0.392 e. The third-order valence-corrected chi connectivity index (χ3v) is 3.07. The highest BCUT2D eigenvalue weighted by molar-refractivity contribution is 5.97. The second-order valence-corrected chi connectivity index (χ2v) is 4.58. The zero-order valence-corrected chi connectivity index (χ0v) is 11.0. The molecule has 0 amide bonds. The minimum Gasteiger partial charge on any atom is -0.392 e. The molecule has 0 radical (unpaired) electrons. The molecule has 1 aliphatic rings. The van der Waals surface area contributed by atoms with Crippen LogP contribution < -0.4 is 5.32 Å². The van der Waals surface area contributed by atoms with Gasteiger partial charge in [-0.1, -0.05) is 6.07 Å². The van der Waals surface area contributed by atoms with Gasteiger partial charge in [-0.2, -0.15) is 0 Å². The quantitative estimate of drug-likeness (QED) is 0.488. The fourth-order valence-corrected chi connectivity index (χ4v) is 1.99. The Balaban J connectivity index is 1.75. The first kappa shape index (κ1) is 14.3. The summed E-state index contributed by atoms with van der Waals surface area (Å²) in [4.78, 5) is 38.7. The highest BCUT2D eigenvalue weighted by atomic mass is 16.6. The van der Waals surface area contributed by atoms with Gasteiger partial charge in [-0.05, 0) is 31.5 Å². The Morgan fingerprint density at radius 1 is 1.30 bits per heavy atom. The second kappa shape index (κ2) is 6.91. The van der Waals surface area contributed by atoms with E-state index >= 15 is 0 Å². The molecule has 20 heavy (non-hydrogen) atoms. The fourth-order valence-electron chi connectivity index (χ4n) is 1.99. The average Bonchev–Trinajstić information content (AvgIpc) is 3.00. The second-order valence-electron chi connectivity index (χ2n) is 4.58. The van der Waals surface area contributed by atoms with Crippen molar-refractivity contribution in [2.24, 2.45) is 0 Å². The van der Waals surface area contributed by atoms with Gasteiger partial charge < -0.3 is 10.1 Å². The average molecular weight is 276 g/mol. The highest BCUT2D eigenvalue weighted by Crippen LogP contribution is 2.08. The van der Waals surface area contributed by atoms with Gasteiger partial charge in [-0.25, -0.2) is 4.79 Å². The lowest BCUT2D eigenvalue weighted by Crippen LogP contribution is -2.33. The minimum atomic E-state index is -0.673. The van der Waals surface area contributed by atoms with Crippen LogP contribution in [0.4, 0.5) is 0 Å². The van der Waals surface area contributed by atoms with Gasteiger partial charge in [-0.3, -0.25) is 14.6 Å². The lowest BCUT2D eigenvalue weighted by atomic mass is 10.1. The van der Waals surface area contributed by atoms with Crippen LogP contribution in [-0.4, -0.2) is 35.3 Å². The van der Waals surface area contributed by atoms with Crippen molar-refractivity contribution in [3.8, 4) is 0 Å². The highest BCUT2D eigenvalue weighted by Gasteiger charge is 2.25. The van der Waals surface area contributed by atoms with Crippen molar-refractivity contribution in [1.29, 1.82) is 0 Å². The Morgan fingerprint density at radius 2 is 2.15 bits per heavy atom. The third kappa shape index (κ3) is 3.96. The summed E-state index contributed by atoms with van der Waals surface area (Å²) in [5, 5.41) is 2.95. The summed E-state index contributed by atoms with van der Waals surface area (Å²) in [6.45, 7) is 0.756. The molecule has 1 aromatic rings. The van der Waals surface area contributed by atoms with Crippen molar-refractivity contribution in [1.82, 2.24) is 10.3 Å². The van der Waals surface area contributed by atoms with E-state index in [1.807, 2.05) is 0 Å². The Hall–Kier alpha value is -2.08. The van der Waals surface area contributed by atoms with Crippen LogP contribution in [0.25, 0.3) is 0 Å². The number of ketones is 1. The summed E-state index contributed by atoms with van der Waals surface area (Å²) in [5.41, 5.74) is 0.309. The number of esters is 2. The summed E-state index contributed by atoms with van der Waals surface area (Å²) in [6, 6.07) is 4.60. The van der Waals surface area contributed by atoms with Crippen LogP contribution in [0.3, 0.4) is 0 Å². The maximum absolute atomic E-state index is 11.7. The maximum Gasteiger partial charge on any atom is 0.330 e. The summed E-state index contributed by atoms with van der Waals surface area (Å²) in [7, 11) is 0. The van der Waals surface area contributed by atoms with Crippen LogP contribution in [0.5, 0.6) is 0 Å². The predicted molar refractivity (Wildman–Crippen MR) is 69.9 cm³/mol. The lowest BCUT2D eigenvalue weighted by molar-refractivity contribution is -0.160. The Bertz CT molecular complexity index is 495.